The normalized spacial score (nSPS) is 31.0. The quantitative estimate of drug-likeness (QED) is 0.748. The van der Waals surface area contributed by atoms with Crippen molar-refractivity contribution in [3.8, 4) is 0 Å². The Kier molecular flexibility index (Phi) is 4.61. The first kappa shape index (κ1) is 13.1. The molecule has 0 N–H and O–H groups in total. The van der Waals surface area contributed by atoms with Crippen LogP contribution in [0.5, 0.6) is 0 Å². The van der Waals surface area contributed by atoms with Gasteiger partial charge in [-0.05, 0) is 51.5 Å². The number of likely N-dealkylation sites (N-methyl/N-ethyl adjacent to an activating group) is 1. The fourth-order valence-corrected chi connectivity index (χ4v) is 3.44. The average Bonchev–Trinajstić information content (AvgIpc) is 2.83. The predicted molar refractivity (Wildman–Crippen MR) is 71.0 cm³/mol. The lowest BCUT2D eigenvalue weighted by Crippen LogP contribution is -2.39. The first-order valence-corrected chi connectivity index (χ1v) is 7.39. The highest BCUT2D eigenvalue weighted by atomic mass is 16.1. The smallest absolute Gasteiger partial charge is 0.149 e. The lowest BCUT2D eigenvalue weighted by molar-refractivity contribution is -0.124. The van der Waals surface area contributed by atoms with Gasteiger partial charge in [0.25, 0.3) is 0 Å². The molecule has 2 aliphatic carbocycles. The summed E-state index contributed by atoms with van der Waals surface area (Å²) in [6, 6.07) is 0.663. The van der Waals surface area contributed by atoms with Crippen molar-refractivity contribution in [1.82, 2.24) is 4.90 Å². The Balaban J connectivity index is 1.76. The van der Waals surface area contributed by atoms with Crippen LogP contribution in [0.2, 0.25) is 0 Å². The van der Waals surface area contributed by atoms with E-state index in [9.17, 15) is 4.79 Å². The second-order valence-corrected chi connectivity index (χ2v) is 6.28. The maximum absolute atomic E-state index is 12.1. The molecule has 0 heterocycles. The van der Waals surface area contributed by atoms with Crippen LogP contribution in [0, 0.1) is 11.8 Å². The van der Waals surface area contributed by atoms with Crippen molar-refractivity contribution in [2.75, 3.05) is 13.6 Å². The lowest BCUT2D eigenvalue weighted by Gasteiger charge is -2.33. The predicted octanol–water partition coefficient (Wildman–Crippen LogP) is 3.26. The minimum absolute atomic E-state index is 0.389. The molecule has 0 aliphatic heterocycles. The highest BCUT2D eigenvalue weighted by Gasteiger charge is 2.27. The summed E-state index contributed by atoms with van der Waals surface area (Å²) < 4.78 is 0. The molecule has 0 radical (unpaired) electrons. The molecule has 0 aromatic heterocycles. The van der Waals surface area contributed by atoms with Gasteiger partial charge >= 0.3 is 0 Å². The monoisotopic (exact) mass is 237 g/mol. The van der Waals surface area contributed by atoms with Crippen molar-refractivity contribution in [1.29, 1.82) is 0 Å². The zero-order chi connectivity index (χ0) is 12.3. The number of Topliss-reactive ketones (excluding diaryl/α,β-unsaturated/α-hetero) is 1. The van der Waals surface area contributed by atoms with Crippen LogP contribution in [0.4, 0.5) is 0 Å². The van der Waals surface area contributed by atoms with Crippen LogP contribution < -0.4 is 0 Å². The maximum Gasteiger partial charge on any atom is 0.149 e. The Morgan fingerprint density at radius 1 is 1.06 bits per heavy atom. The molecule has 2 saturated carbocycles. The van der Waals surface area contributed by atoms with E-state index in [1.807, 2.05) is 0 Å². The van der Waals surface area contributed by atoms with E-state index in [1.165, 1.54) is 38.5 Å². The number of hydrogen-bond acceptors (Lipinski definition) is 2. The van der Waals surface area contributed by atoms with Gasteiger partial charge in [0.1, 0.15) is 5.78 Å². The van der Waals surface area contributed by atoms with Gasteiger partial charge in [0, 0.05) is 12.0 Å². The molecule has 2 fully saturated rings. The largest absolute Gasteiger partial charge is 0.298 e. The first-order valence-electron chi connectivity index (χ1n) is 7.39. The summed E-state index contributed by atoms with van der Waals surface area (Å²) in [6.07, 6.45) is 10.1. The topological polar surface area (TPSA) is 20.3 Å². The molecule has 17 heavy (non-hydrogen) atoms. The van der Waals surface area contributed by atoms with Crippen LogP contribution in [-0.4, -0.2) is 30.3 Å². The van der Waals surface area contributed by atoms with Gasteiger partial charge in [0.15, 0.2) is 0 Å². The number of nitrogens with zero attached hydrogens (tertiary/aromatic N) is 1. The van der Waals surface area contributed by atoms with Gasteiger partial charge in [-0.3, -0.25) is 9.69 Å². The van der Waals surface area contributed by atoms with Gasteiger partial charge in [-0.1, -0.05) is 19.8 Å². The van der Waals surface area contributed by atoms with Crippen molar-refractivity contribution in [2.45, 2.75) is 64.3 Å². The molecule has 0 aromatic rings. The Morgan fingerprint density at radius 3 is 2.24 bits per heavy atom. The Labute approximate surface area is 106 Å². The standard InChI is InChI=1S/C15H27NO/c1-12-7-9-14(10-8-12)16(2)11-15(17)13-5-3-4-6-13/h12-14H,3-11H2,1-2H3. The van der Waals surface area contributed by atoms with Crippen molar-refractivity contribution in [2.24, 2.45) is 11.8 Å². The Bertz CT molecular complexity index is 250. The zero-order valence-corrected chi connectivity index (χ0v) is 11.5. The van der Waals surface area contributed by atoms with E-state index < -0.39 is 0 Å². The first-order chi connectivity index (χ1) is 8.16. The number of ketones is 1. The zero-order valence-electron chi connectivity index (χ0n) is 11.5. The fraction of sp³-hybridized carbons (Fsp3) is 0.933. The van der Waals surface area contributed by atoms with Gasteiger partial charge in [-0.2, -0.15) is 0 Å². The number of carbonyl (C=O) groups is 1. The van der Waals surface area contributed by atoms with Crippen molar-refractivity contribution < 1.29 is 4.79 Å². The lowest BCUT2D eigenvalue weighted by atomic mass is 9.86. The highest BCUT2D eigenvalue weighted by Crippen LogP contribution is 2.28. The Morgan fingerprint density at radius 2 is 1.65 bits per heavy atom. The van der Waals surface area contributed by atoms with Crippen molar-refractivity contribution in [3.05, 3.63) is 0 Å². The molecular formula is C15H27NO. The third-order valence-corrected chi connectivity index (χ3v) is 4.82. The van der Waals surface area contributed by atoms with Crippen LogP contribution in [0.3, 0.4) is 0 Å². The molecule has 2 rings (SSSR count). The molecule has 98 valence electrons. The second kappa shape index (κ2) is 5.99. The minimum atomic E-state index is 0.389. The van der Waals surface area contributed by atoms with E-state index in [0.29, 0.717) is 24.3 Å². The van der Waals surface area contributed by atoms with Gasteiger partial charge < -0.3 is 0 Å². The van der Waals surface area contributed by atoms with Gasteiger partial charge in [-0.25, -0.2) is 0 Å². The minimum Gasteiger partial charge on any atom is -0.298 e. The molecule has 2 aliphatic rings. The van der Waals surface area contributed by atoms with Crippen LogP contribution in [0.15, 0.2) is 0 Å². The molecule has 2 heteroatoms. The molecule has 0 amide bonds. The third-order valence-electron chi connectivity index (χ3n) is 4.82. The summed E-state index contributed by atoms with van der Waals surface area (Å²) in [7, 11) is 2.15. The van der Waals surface area contributed by atoms with Gasteiger partial charge in [0.05, 0.1) is 6.54 Å². The maximum atomic E-state index is 12.1. The molecule has 2 nitrogen and oxygen atoms in total. The summed E-state index contributed by atoms with van der Waals surface area (Å²) >= 11 is 0. The van der Waals surface area contributed by atoms with Crippen LogP contribution in [0.1, 0.15) is 58.3 Å². The molecule has 0 unspecified atom stereocenters. The molecule has 0 saturated heterocycles. The summed E-state index contributed by atoms with van der Waals surface area (Å²) in [4.78, 5) is 14.4. The molecule has 0 bridgehead atoms. The van der Waals surface area contributed by atoms with Gasteiger partial charge in [-0.15, -0.1) is 0 Å². The second-order valence-electron chi connectivity index (χ2n) is 6.28. The Hall–Kier alpha value is -0.370. The number of carbonyl (C=O) groups excluding carboxylic acids is 1. The van der Waals surface area contributed by atoms with E-state index in [2.05, 4.69) is 18.9 Å². The van der Waals surface area contributed by atoms with E-state index in [1.54, 1.807) is 0 Å². The van der Waals surface area contributed by atoms with Gasteiger partial charge in [0.2, 0.25) is 0 Å². The van der Waals surface area contributed by atoms with E-state index in [4.69, 9.17) is 0 Å². The molecule has 0 atom stereocenters. The van der Waals surface area contributed by atoms with Crippen molar-refractivity contribution >= 4 is 5.78 Å². The summed E-state index contributed by atoms with van der Waals surface area (Å²) in [6.45, 7) is 3.05. The summed E-state index contributed by atoms with van der Waals surface area (Å²) in [5.74, 6) is 1.79. The van der Waals surface area contributed by atoms with E-state index in [-0.39, 0.29) is 0 Å². The van der Waals surface area contributed by atoms with Crippen LogP contribution in [0.25, 0.3) is 0 Å². The third kappa shape index (κ3) is 3.54. The SMILES string of the molecule is CC1CCC(N(C)CC(=O)C2CCCC2)CC1. The number of hydrogen-bond donors (Lipinski definition) is 0. The summed E-state index contributed by atoms with van der Waals surface area (Å²) in [5, 5.41) is 0. The fourth-order valence-electron chi connectivity index (χ4n) is 3.44. The van der Waals surface area contributed by atoms with Crippen LogP contribution in [-0.2, 0) is 4.79 Å². The average molecular weight is 237 g/mol. The summed E-state index contributed by atoms with van der Waals surface area (Å²) in [5.41, 5.74) is 0. The molecular weight excluding hydrogens is 210 g/mol. The van der Waals surface area contributed by atoms with E-state index in [0.717, 1.165) is 18.8 Å². The van der Waals surface area contributed by atoms with Crippen LogP contribution >= 0.6 is 0 Å². The molecule has 0 aromatic carbocycles. The van der Waals surface area contributed by atoms with Crippen molar-refractivity contribution in [3.63, 3.8) is 0 Å². The van der Waals surface area contributed by atoms with E-state index >= 15 is 0 Å². The number of rotatable bonds is 4. The molecule has 0 spiro atoms. The highest BCUT2D eigenvalue weighted by molar-refractivity contribution is 5.83.